The van der Waals surface area contributed by atoms with Gasteiger partial charge in [0.25, 0.3) is 20.2 Å². The summed E-state index contributed by atoms with van der Waals surface area (Å²) >= 11 is 0. The van der Waals surface area contributed by atoms with Gasteiger partial charge in [0.1, 0.15) is 20.2 Å². The van der Waals surface area contributed by atoms with Crippen LogP contribution in [-0.4, -0.2) is 71.8 Å². The van der Waals surface area contributed by atoms with E-state index in [9.17, 15) is 51.9 Å². The van der Waals surface area contributed by atoms with Crippen LogP contribution in [0, 0.1) is 0 Å². The van der Waals surface area contributed by atoms with Crippen molar-refractivity contribution in [3.8, 4) is 44.5 Å². The Labute approximate surface area is 478 Å². The van der Waals surface area contributed by atoms with Gasteiger partial charge >= 0.3 is 118 Å². The van der Waals surface area contributed by atoms with Gasteiger partial charge < -0.3 is 19.1 Å². The Bertz CT molecular complexity index is 3320. The van der Waals surface area contributed by atoms with Crippen LogP contribution in [0.4, 0.5) is 0 Å². The van der Waals surface area contributed by atoms with Gasteiger partial charge in [-0.05, 0) is 119 Å². The Balaban J connectivity index is 0.00000216. The molecule has 4 aromatic carbocycles. The fraction of sp³-hybridized carbons (Fsp3) is 0. The zero-order chi connectivity index (χ0) is 45.3. The van der Waals surface area contributed by atoms with Crippen LogP contribution in [0.2, 0.25) is 0 Å². The van der Waals surface area contributed by atoms with Crippen LogP contribution in [0.5, 0.6) is 0 Å². The Morgan fingerprint density at radius 2 is 0.544 bits per heavy atom. The molecule has 0 spiro atoms. The molecule has 0 amide bonds. The van der Waals surface area contributed by atoms with Crippen LogP contribution in [-0.2, 0) is 40.5 Å². The van der Waals surface area contributed by atoms with Crippen LogP contribution < -0.4 is 118 Å². The van der Waals surface area contributed by atoms with Gasteiger partial charge in [0.15, 0.2) is 0 Å². The zero-order valence-corrected chi connectivity index (χ0v) is 47.6. The van der Waals surface area contributed by atoms with Crippen molar-refractivity contribution in [1.29, 1.82) is 0 Å². The summed E-state index contributed by atoms with van der Waals surface area (Å²) in [6.45, 7) is 0. The summed E-state index contributed by atoms with van der Waals surface area (Å²) in [6, 6.07) is 28.4. The van der Waals surface area contributed by atoms with Crippen molar-refractivity contribution in [2.45, 2.75) is 19.6 Å². The van der Waals surface area contributed by atoms with E-state index in [0.29, 0.717) is 89.4 Å². The van der Waals surface area contributed by atoms with E-state index in [1.54, 1.807) is 48.6 Å². The predicted molar refractivity (Wildman–Crippen MR) is 236 cm³/mol. The van der Waals surface area contributed by atoms with Gasteiger partial charge in [-0.1, -0.05) is 48.5 Å². The summed E-state index contributed by atoms with van der Waals surface area (Å²) in [5, 5.41) is 0. The molecule has 3 aromatic heterocycles. The molecule has 0 unspecified atom stereocenters. The molecule has 8 bridgehead atoms. The van der Waals surface area contributed by atoms with E-state index in [0.717, 1.165) is 0 Å². The van der Waals surface area contributed by atoms with Crippen molar-refractivity contribution >= 4 is 86.8 Å². The Kier molecular flexibility index (Phi) is 17.7. The average molecular weight is 1020 g/mol. The standard InChI is InChI=1S/C44H30N4O12S4.4Na/c49-61(50,51)29-9-1-25(2-10-29)41-33-17-19-35(45-33)42(26-3-11-30(12-4-26)62(52,53)54)37-21-23-39(47-37)44(28-7-15-32(16-8-28)64(58,59)60)40-24-22-38(48-40)43(36-20-18-34(41)46-36)27-5-13-31(14-6-27)63(55,56)57;;;;/h1-24,45,48H,(H,49,50,51)(H,52,53,54)(H,55,56,57)(H,58,59,60);;;;/q;4*+1/p-2. The Morgan fingerprint density at radius 1 is 0.338 bits per heavy atom. The molecule has 0 saturated heterocycles. The number of nitrogens with one attached hydrogen (secondary N) is 2. The number of hydrogen-bond donors (Lipinski definition) is 4. The first-order chi connectivity index (χ1) is 30.2. The summed E-state index contributed by atoms with van der Waals surface area (Å²) in [4.78, 5) is 15.3. The fourth-order valence-corrected chi connectivity index (χ4v) is 9.48. The van der Waals surface area contributed by atoms with Gasteiger partial charge in [-0.15, -0.1) is 0 Å². The molecule has 24 heteroatoms. The fourth-order valence-electron chi connectivity index (χ4n) is 7.58. The monoisotopic (exact) mass is 1020 g/mol. The summed E-state index contributed by atoms with van der Waals surface area (Å²) in [7, 11) is -18.7. The minimum Gasteiger partial charge on any atom is -0.744 e. The molecule has 322 valence electrons. The van der Waals surface area contributed by atoms with Crippen molar-refractivity contribution in [1.82, 2.24) is 19.9 Å². The summed E-state index contributed by atoms with van der Waals surface area (Å²) in [5.41, 5.74) is 7.09. The minimum absolute atomic E-state index is 0. The maximum atomic E-state index is 12.0. The van der Waals surface area contributed by atoms with Crippen LogP contribution in [0.15, 0.2) is 141 Å². The second-order valence-corrected chi connectivity index (χ2v) is 20.1. The molecule has 68 heavy (non-hydrogen) atoms. The minimum atomic E-state index is -4.80. The molecular formula is C44H28N4Na4O12S4+2. The smallest absolute Gasteiger partial charge is 0.744 e. The number of nitrogens with zero attached hydrogens (tertiary/aromatic N) is 2. The van der Waals surface area contributed by atoms with E-state index in [-0.39, 0.29) is 128 Å². The molecule has 0 atom stereocenters. The molecule has 0 saturated carbocycles. The SMILES string of the molecule is O=S(=O)([O-])c1ccc(-c2c3nc(c(-c4ccc(S(=O)(=O)O)cc4)c4ccc([nH]4)c(-c4ccc(S(=O)(=O)O)cc4)c4nc(c(-c5ccc(S(=O)(=O)[O-])cc5)c5ccc2[nH]5)C=C4)C=C3)cc1.[Na+].[Na+].[Na+].[Na+]. The van der Waals surface area contributed by atoms with Crippen LogP contribution in [0.25, 0.3) is 90.9 Å². The second-order valence-electron chi connectivity index (χ2n) is 14.5. The van der Waals surface area contributed by atoms with E-state index in [2.05, 4.69) is 9.97 Å². The molecule has 2 aliphatic rings. The zero-order valence-electron chi connectivity index (χ0n) is 36.4. The van der Waals surface area contributed by atoms with Gasteiger partial charge in [-0.25, -0.2) is 26.8 Å². The topological polar surface area (TPSA) is 280 Å². The molecule has 0 aliphatic carbocycles. The molecule has 4 N–H and O–H groups in total. The van der Waals surface area contributed by atoms with Crippen molar-refractivity contribution < 1.29 is 170 Å². The van der Waals surface area contributed by atoms with E-state index in [4.69, 9.17) is 9.97 Å². The summed E-state index contributed by atoms with van der Waals surface area (Å²) in [6.07, 6.45) is 6.85. The second kappa shape index (κ2) is 21.5. The third-order valence-corrected chi connectivity index (χ3v) is 13.9. The number of aromatic amines is 2. The third-order valence-electron chi connectivity index (χ3n) is 10.5. The first kappa shape index (κ1) is 56.0. The van der Waals surface area contributed by atoms with Crippen molar-refractivity contribution in [3.05, 3.63) is 144 Å². The molecular weight excluding hydrogens is 997 g/mol. The molecule has 9 rings (SSSR count). The third kappa shape index (κ3) is 11.6. The molecule has 7 aromatic rings. The number of aromatic nitrogens is 4. The number of rotatable bonds is 8. The molecule has 0 radical (unpaired) electrons. The van der Waals surface area contributed by atoms with Gasteiger partial charge in [0.2, 0.25) is 0 Å². The van der Waals surface area contributed by atoms with Crippen LogP contribution in [0.1, 0.15) is 22.8 Å². The normalized spacial score (nSPS) is 12.3. The van der Waals surface area contributed by atoms with Gasteiger partial charge in [0, 0.05) is 44.3 Å². The maximum Gasteiger partial charge on any atom is 1.00 e. The van der Waals surface area contributed by atoms with Crippen LogP contribution >= 0.6 is 0 Å². The van der Waals surface area contributed by atoms with E-state index in [1.807, 2.05) is 0 Å². The summed E-state index contributed by atoms with van der Waals surface area (Å²) in [5.74, 6) is 0. The van der Waals surface area contributed by atoms with Gasteiger partial charge in [-0.2, -0.15) is 16.8 Å². The Hall–Kier alpha value is -2.88. The Morgan fingerprint density at radius 3 is 0.735 bits per heavy atom. The molecule has 16 nitrogen and oxygen atoms in total. The van der Waals surface area contributed by atoms with Crippen molar-refractivity contribution in [3.63, 3.8) is 0 Å². The summed E-state index contributed by atoms with van der Waals surface area (Å²) < 4.78 is 139. The van der Waals surface area contributed by atoms with Gasteiger partial charge in [0.05, 0.1) is 42.4 Å². The molecule has 5 heterocycles. The number of fused-ring (bicyclic) bond motifs is 8. The van der Waals surface area contributed by atoms with E-state index < -0.39 is 50.3 Å². The van der Waals surface area contributed by atoms with Crippen molar-refractivity contribution in [2.24, 2.45) is 0 Å². The average Bonchev–Trinajstić information content (AvgIpc) is 4.08. The van der Waals surface area contributed by atoms with E-state index in [1.165, 1.54) is 97.1 Å². The number of benzene rings is 4. The quantitative estimate of drug-likeness (QED) is 0.0828. The van der Waals surface area contributed by atoms with E-state index >= 15 is 0 Å². The largest absolute Gasteiger partial charge is 1.00 e. The number of H-pyrrole nitrogens is 2. The number of hydrogen-bond acceptors (Lipinski definition) is 12. The van der Waals surface area contributed by atoms with Crippen LogP contribution in [0.3, 0.4) is 0 Å². The molecule has 2 aliphatic heterocycles. The van der Waals surface area contributed by atoms with Gasteiger partial charge in [-0.3, -0.25) is 9.11 Å². The predicted octanol–water partition coefficient (Wildman–Crippen LogP) is -4.36. The first-order valence-corrected chi connectivity index (χ1v) is 24.4. The molecule has 0 fully saturated rings. The van der Waals surface area contributed by atoms with Crippen molar-refractivity contribution in [2.75, 3.05) is 0 Å². The first-order valence-electron chi connectivity index (χ1n) is 18.7. The maximum absolute atomic E-state index is 12.0.